The van der Waals surface area contributed by atoms with Crippen molar-refractivity contribution in [3.05, 3.63) is 22.4 Å². The number of thiophene rings is 1. The number of hydrogen-bond acceptors (Lipinski definition) is 4. The highest BCUT2D eigenvalue weighted by Crippen LogP contribution is 2.29. The van der Waals surface area contributed by atoms with Crippen LogP contribution in [0.15, 0.2) is 17.5 Å². The molecule has 1 unspecified atom stereocenters. The normalized spacial score (nSPS) is 24.6. The highest BCUT2D eigenvalue weighted by atomic mass is 32.1. The fraction of sp³-hybridized carbons (Fsp3) is 0.714. The van der Waals surface area contributed by atoms with E-state index in [9.17, 15) is 0 Å². The van der Waals surface area contributed by atoms with Crippen molar-refractivity contribution in [2.45, 2.75) is 37.9 Å². The molecular weight excluding hydrogens is 244 g/mol. The van der Waals surface area contributed by atoms with Crippen LogP contribution in [0.3, 0.4) is 0 Å². The van der Waals surface area contributed by atoms with Gasteiger partial charge < -0.3 is 10.1 Å². The highest BCUT2D eigenvalue weighted by molar-refractivity contribution is 7.09. The average Bonchev–Trinajstić information content (AvgIpc) is 3.13. The number of hydrogen-bond donors (Lipinski definition) is 1. The summed E-state index contributed by atoms with van der Waals surface area (Å²) in [5, 5.41) is 5.72. The van der Waals surface area contributed by atoms with E-state index in [4.69, 9.17) is 4.74 Å². The Morgan fingerprint density at radius 3 is 3.06 bits per heavy atom. The second-order valence-corrected chi connectivity index (χ2v) is 6.33. The summed E-state index contributed by atoms with van der Waals surface area (Å²) in [4.78, 5) is 4.15. The van der Waals surface area contributed by atoms with Crippen molar-refractivity contribution in [3.63, 3.8) is 0 Å². The Kier molecular flexibility index (Phi) is 4.31. The van der Waals surface area contributed by atoms with Crippen LogP contribution in [0.25, 0.3) is 0 Å². The lowest BCUT2D eigenvalue weighted by Crippen LogP contribution is -2.43. The lowest BCUT2D eigenvalue weighted by molar-refractivity contribution is 0.0691. The third-order valence-corrected chi connectivity index (χ3v) is 4.63. The van der Waals surface area contributed by atoms with Gasteiger partial charge in [0.25, 0.3) is 0 Å². The molecule has 2 heterocycles. The lowest BCUT2D eigenvalue weighted by Gasteiger charge is -2.27. The molecule has 4 heteroatoms. The van der Waals surface area contributed by atoms with Crippen molar-refractivity contribution in [1.29, 1.82) is 0 Å². The van der Waals surface area contributed by atoms with Crippen LogP contribution >= 0.6 is 11.3 Å². The smallest absolute Gasteiger partial charge is 0.0620 e. The molecule has 1 saturated carbocycles. The molecule has 100 valence electrons. The van der Waals surface area contributed by atoms with Gasteiger partial charge in [0, 0.05) is 36.6 Å². The first-order valence-electron chi connectivity index (χ1n) is 6.99. The fourth-order valence-corrected chi connectivity index (χ4v) is 3.29. The van der Waals surface area contributed by atoms with Crippen molar-refractivity contribution in [1.82, 2.24) is 10.2 Å². The fourth-order valence-electron chi connectivity index (χ4n) is 2.56. The number of rotatable bonds is 6. The predicted molar refractivity (Wildman–Crippen MR) is 75.0 cm³/mol. The summed E-state index contributed by atoms with van der Waals surface area (Å²) in [7, 11) is 0. The van der Waals surface area contributed by atoms with Crippen LogP contribution in [-0.2, 0) is 11.3 Å². The minimum Gasteiger partial charge on any atom is -0.379 e. The van der Waals surface area contributed by atoms with Crippen LogP contribution in [0.1, 0.15) is 24.1 Å². The predicted octanol–water partition coefficient (Wildman–Crippen LogP) is 2.09. The summed E-state index contributed by atoms with van der Waals surface area (Å²) in [5.41, 5.74) is 0. The largest absolute Gasteiger partial charge is 0.379 e. The second-order valence-electron chi connectivity index (χ2n) is 5.30. The number of nitrogens with one attached hydrogen (secondary N) is 1. The van der Waals surface area contributed by atoms with Crippen LogP contribution in [0, 0.1) is 0 Å². The minimum absolute atomic E-state index is 0.559. The molecular formula is C14H22N2OS. The average molecular weight is 266 g/mol. The molecule has 18 heavy (non-hydrogen) atoms. The molecule has 1 aliphatic heterocycles. The first kappa shape index (κ1) is 12.6. The summed E-state index contributed by atoms with van der Waals surface area (Å²) in [6.07, 6.45) is 3.99. The van der Waals surface area contributed by atoms with Gasteiger partial charge in [-0.3, -0.25) is 4.90 Å². The Morgan fingerprint density at radius 2 is 2.39 bits per heavy atom. The summed E-state index contributed by atoms with van der Waals surface area (Å²) in [6.45, 7) is 5.11. The molecule has 0 amide bonds. The van der Waals surface area contributed by atoms with Crippen molar-refractivity contribution in [2.75, 3.05) is 26.3 Å². The Morgan fingerprint density at radius 1 is 1.44 bits per heavy atom. The van der Waals surface area contributed by atoms with Crippen LogP contribution in [0.2, 0.25) is 0 Å². The number of ether oxygens (including phenoxy) is 1. The van der Waals surface area contributed by atoms with E-state index in [1.54, 1.807) is 0 Å². The maximum absolute atomic E-state index is 5.52. The SMILES string of the molecule is c1csc(CN(CCC2COCCN2)C2CC2)c1. The van der Waals surface area contributed by atoms with Crippen LogP contribution in [0.5, 0.6) is 0 Å². The van der Waals surface area contributed by atoms with Gasteiger partial charge in [-0.25, -0.2) is 0 Å². The molecule has 0 aromatic carbocycles. The Labute approximate surface area is 113 Å². The van der Waals surface area contributed by atoms with Gasteiger partial charge in [-0.05, 0) is 30.7 Å². The molecule has 0 bridgehead atoms. The lowest BCUT2D eigenvalue weighted by atomic mass is 10.2. The van der Waals surface area contributed by atoms with E-state index in [2.05, 4.69) is 27.7 Å². The summed E-state index contributed by atoms with van der Waals surface area (Å²) in [6, 6.07) is 5.81. The van der Waals surface area contributed by atoms with E-state index in [-0.39, 0.29) is 0 Å². The van der Waals surface area contributed by atoms with E-state index in [0.717, 1.165) is 32.3 Å². The molecule has 0 radical (unpaired) electrons. The second kappa shape index (κ2) is 6.15. The van der Waals surface area contributed by atoms with Gasteiger partial charge in [-0.1, -0.05) is 6.07 Å². The molecule has 3 rings (SSSR count). The quantitative estimate of drug-likeness (QED) is 0.853. The molecule has 1 aromatic heterocycles. The summed E-state index contributed by atoms with van der Waals surface area (Å²) < 4.78 is 5.52. The van der Waals surface area contributed by atoms with Gasteiger partial charge in [-0.2, -0.15) is 0 Å². The molecule has 1 aromatic rings. The maximum atomic E-state index is 5.52. The van der Waals surface area contributed by atoms with Crippen molar-refractivity contribution in [3.8, 4) is 0 Å². The third kappa shape index (κ3) is 3.54. The van der Waals surface area contributed by atoms with Crippen LogP contribution < -0.4 is 5.32 Å². The van der Waals surface area contributed by atoms with Gasteiger partial charge in [0.1, 0.15) is 0 Å². The van der Waals surface area contributed by atoms with E-state index in [1.165, 1.54) is 30.7 Å². The first-order chi connectivity index (χ1) is 8.92. The molecule has 1 aliphatic carbocycles. The zero-order valence-corrected chi connectivity index (χ0v) is 11.6. The van der Waals surface area contributed by atoms with E-state index >= 15 is 0 Å². The van der Waals surface area contributed by atoms with E-state index < -0.39 is 0 Å². The molecule has 2 fully saturated rings. The van der Waals surface area contributed by atoms with E-state index in [1.807, 2.05) is 11.3 Å². The molecule has 3 nitrogen and oxygen atoms in total. The van der Waals surface area contributed by atoms with Gasteiger partial charge in [0.2, 0.25) is 0 Å². The minimum atomic E-state index is 0.559. The molecule has 1 atom stereocenters. The van der Waals surface area contributed by atoms with Crippen LogP contribution in [0.4, 0.5) is 0 Å². The molecule has 1 N–H and O–H groups in total. The van der Waals surface area contributed by atoms with Gasteiger partial charge in [0.15, 0.2) is 0 Å². The third-order valence-electron chi connectivity index (χ3n) is 3.77. The van der Waals surface area contributed by atoms with Gasteiger partial charge in [-0.15, -0.1) is 11.3 Å². The number of nitrogens with zero attached hydrogens (tertiary/aromatic N) is 1. The van der Waals surface area contributed by atoms with Gasteiger partial charge in [0.05, 0.1) is 13.2 Å². The number of morpholine rings is 1. The van der Waals surface area contributed by atoms with Crippen molar-refractivity contribution < 1.29 is 4.74 Å². The Balaban J connectivity index is 1.47. The van der Waals surface area contributed by atoms with E-state index in [0.29, 0.717) is 6.04 Å². The zero-order valence-electron chi connectivity index (χ0n) is 10.8. The zero-order chi connectivity index (χ0) is 12.2. The molecule has 1 saturated heterocycles. The van der Waals surface area contributed by atoms with Crippen LogP contribution in [-0.4, -0.2) is 43.3 Å². The molecule has 2 aliphatic rings. The summed E-state index contributed by atoms with van der Waals surface area (Å²) >= 11 is 1.88. The summed E-state index contributed by atoms with van der Waals surface area (Å²) in [5.74, 6) is 0. The standard InChI is InChI=1S/C14H22N2OS/c1-2-14(18-9-1)10-16(13-3-4-13)7-5-12-11-17-8-6-15-12/h1-2,9,12-13,15H,3-8,10-11H2. The highest BCUT2D eigenvalue weighted by Gasteiger charge is 2.29. The maximum Gasteiger partial charge on any atom is 0.0620 e. The first-order valence-corrected chi connectivity index (χ1v) is 7.87. The monoisotopic (exact) mass is 266 g/mol. The van der Waals surface area contributed by atoms with Gasteiger partial charge >= 0.3 is 0 Å². The Hall–Kier alpha value is -0.420. The molecule has 0 spiro atoms. The Bertz CT molecular complexity index is 345. The van der Waals surface area contributed by atoms with Crippen molar-refractivity contribution in [2.24, 2.45) is 0 Å². The topological polar surface area (TPSA) is 24.5 Å². The van der Waals surface area contributed by atoms with Crippen molar-refractivity contribution >= 4 is 11.3 Å².